The van der Waals surface area contributed by atoms with E-state index in [9.17, 15) is 9.59 Å². The molecule has 0 bridgehead atoms. The maximum atomic E-state index is 12.4. The fraction of sp³-hybridized carbons (Fsp3) is 0.333. The number of carbonyl (C=O) groups excluding carboxylic acids is 2. The number of ketones is 1. The Labute approximate surface area is 159 Å². The molecule has 27 heavy (non-hydrogen) atoms. The van der Waals surface area contributed by atoms with Crippen molar-refractivity contribution in [3.63, 3.8) is 0 Å². The fourth-order valence-corrected chi connectivity index (χ4v) is 3.23. The third-order valence-electron chi connectivity index (χ3n) is 4.66. The van der Waals surface area contributed by atoms with E-state index >= 15 is 0 Å². The summed E-state index contributed by atoms with van der Waals surface area (Å²) in [5.41, 5.74) is 3.11. The molecule has 0 saturated carbocycles. The Morgan fingerprint density at radius 1 is 1.11 bits per heavy atom. The summed E-state index contributed by atoms with van der Waals surface area (Å²) in [6, 6.07) is 12.9. The summed E-state index contributed by atoms with van der Waals surface area (Å²) in [5, 5.41) is 3.37. The topological polar surface area (TPSA) is 67.9 Å². The molecule has 0 atom stereocenters. The first kappa shape index (κ1) is 18.9. The highest BCUT2D eigenvalue weighted by atomic mass is 16.5. The van der Waals surface area contributed by atoms with Crippen molar-refractivity contribution >= 4 is 17.4 Å². The van der Waals surface area contributed by atoms with Gasteiger partial charge >= 0.3 is 5.97 Å². The summed E-state index contributed by atoms with van der Waals surface area (Å²) in [6.07, 6.45) is 0.908. The Hall–Kier alpha value is -2.86. The highest BCUT2D eigenvalue weighted by Crippen LogP contribution is 2.21. The average molecular weight is 368 g/mol. The lowest BCUT2D eigenvalue weighted by molar-refractivity contribution is 0.0599. The minimum absolute atomic E-state index is 0.0933. The van der Waals surface area contributed by atoms with E-state index in [-0.39, 0.29) is 11.8 Å². The molecule has 0 aliphatic carbocycles. The minimum atomic E-state index is -0.383. The number of rotatable bonds is 7. The highest BCUT2D eigenvalue weighted by molar-refractivity contribution is 6.01. The molecule has 142 valence electrons. The van der Waals surface area contributed by atoms with E-state index < -0.39 is 0 Å². The largest absolute Gasteiger partial charge is 0.497 e. The number of hydrogen-bond donors (Lipinski definition) is 1. The van der Waals surface area contributed by atoms with E-state index in [0.29, 0.717) is 24.2 Å². The van der Waals surface area contributed by atoms with Crippen molar-refractivity contribution in [3.8, 4) is 5.75 Å². The number of methoxy groups -OCH3 is 2. The Balaban J connectivity index is 1.53. The number of nitrogens with zero attached hydrogens (tertiary/aromatic N) is 1. The Kier molecular flexibility index (Phi) is 6.08. The van der Waals surface area contributed by atoms with Crippen LogP contribution in [-0.2, 0) is 11.3 Å². The molecule has 0 saturated heterocycles. The third-order valence-corrected chi connectivity index (χ3v) is 4.66. The van der Waals surface area contributed by atoms with Gasteiger partial charge in [0.2, 0.25) is 0 Å². The summed E-state index contributed by atoms with van der Waals surface area (Å²) in [5.74, 6) is 0.541. The number of benzene rings is 2. The maximum absolute atomic E-state index is 12.4. The van der Waals surface area contributed by atoms with Crippen molar-refractivity contribution < 1.29 is 19.1 Å². The molecular weight excluding hydrogens is 344 g/mol. The predicted molar refractivity (Wildman–Crippen MR) is 103 cm³/mol. The minimum Gasteiger partial charge on any atom is -0.497 e. The van der Waals surface area contributed by atoms with Gasteiger partial charge in [-0.3, -0.25) is 9.69 Å². The van der Waals surface area contributed by atoms with E-state index in [2.05, 4.69) is 10.2 Å². The first-order valence-corrected chi connectivity index (χ1v) is 8.95. The molecule has 1 heterocycles. The third kappa shape index (κ3) is 4.65. The molecule has 0 spiro atoms. The zero-order valence-electron chi connectivity index (χ0n) is 15.7. The second kappa shape index (κ2) is 8.68. The van der Waals surface area contributed by atoms with Crippen LogP contribution < -0.4 is 10.1 Å². The van der Waals surface area contributed by atoms with Gasteiger partial charge in [0.15, 0.2) is 5.78 Å². The molecule has 2 aromatic rings. The van der Waals surface area contributed by atoms with Gasteiger partial charge in [-0.1, -0.05) is 6.07 Å². The molecule has 0 radical (unpaired) electrons. The van der Waals surface area contributed by atoms with Crippen molar-refractivity contribution in [2.24, 2.45) is 0 Å². The number of ether oxygens (including phenoxy) is 2. The molecule has 6 nitrogen and oxygen atoms in total. The van der Waals surface area contributed by atoms with Crippen LogP contribution in [0, 0.1) is 0 Å². The fourth-order valence-electron chi connectivity index (χ4n) is 3.23. The van der Waals surface area contributed by atoms with Gasteiger partial charge < -0.3 is 14.8 Å². The summed E-state index contributed by atoms with van der Waals surface area (Å²) in [6.45, 7) is 2.68. The lowest BCUT2D eigenvalue weighted by Gasteiger charge is -2.28. The molecule has 0 fully saturated rings. The van der Waals surface area contributed by atoms with Crippen LogP contribution in [0.4, 0.5) is 5.69 Å². The Morgan fingerprint density at radius 3 is 2.59 bits per heavy atom. The zero-order valence-corrected chi connectivity index (χ0v) is 15.7. The first-order valence-electron chi connectivity index (χ1n) is 8.95. The van der Waals surface area contributed by atoms with E-state index in [1.165, 1.54) is 7.11 Å². The van der Waals surface area contributed by atoms with Crippen molar-refractivity contribution in [2.45, 2.75) is 13.0 Å². The standard InChI is InChI=1S/C21H24N2O4/c1-26-18-7-5-17(6-8-18)22-10-3-11-23-13-16-12-15(21(25)27-2)4-9-19(16)20(24)14-23/h4-9,12,22H,3,10-11,13-14H2,1-2H3. The maximum Gasteiger partial charge on any atom is 0.337 e. The zero-order chi connectivity index (χ0) is 19.2. The van der Waals surface area contributed by atoms with Crippen molar-refractivity contribution in [2.75, 3.05) is 39.2 Å². The van der Waals surface area contributed by atoms with Gasteiger partial charge in [-0.2, -0.15) is 0 Å². The van der Waals surface area contributed by atoms with Gasteiger partial charge in [0.1, 0.15) is 5.75 Å². The van der Waals surface area contributed by atoms with E-state index in [1.54, 1.807) is 25.3 Å². The number of carbonyl (C=O) groups is 2. The SMILES string of the molecule is COC(=O)c1ccc2c(c1)CN(CCCNc1ccc(OC)cc1)CC2=O. The van der Waals surface area contributed by atoms with Gasteiger partial charge in [-0.05, 0) is 48.4 Å². The molecule has 1 aliphatic heterocycles. The molecule has 0 amide bonds. The van der Waals surface area contributed by atoms with Gasteiger partial charge in [0.25, 0.3) is 0 Å². The monoisotopic (exact) mass is 368 g/mol. The average Bonchev–Trinajstić information content (AvgIpc) is 2.70. The number of anilines is 1. The highest BCUT2D eigenvalue weighted by Gasteiger charge is 2.23. The quantitative estimate of drug-likeness (QED) is 0.599. The predicted octanol–water partition coefficient (Wildman–Crippen LogP) is 2.98. The van der Waals surface area contributed by atoms with Crippen LogP contribution in [0.5, 0.6) is 5.75 Å². The molecule has 1 aliphatic rings. The number of esters is 1. The number of nitrogens with one attached hydrogen (secondary N) is 1. The number of Topliss-reactive ketones (excluding diaryl/α,β-unsaturated/α-hetero) is 1. The van der Waals surface area contributed by atoms with E-state index in [4.69, 9.17) is 9.47 Å². The van der Waals surface area contributed by atoms with E-state index in [0.717, 1.165) is 36.5 Å². The summed E-state index contributed by atoms with van der Waals surface area (Å²) in [4.78, 5) is 26.2. The number of hydrogen-bond acceptors (Lipinski definition) is 6. The summed E-state index contributed by atoms with van der Waals surface area (Å²) < 4.78 is 9.91. The molecular formula is C21H24N2O4. The molecule has 2 aromatic carbocycles. The lowest BCUT2D eigenvalue weighted by Crippen LogP contribution is -2.36. The molecule has 0 aromatic heterocycles. The Bertz CT molecular complexity index is 817. The van der Waals surface area contributed by atoms with Crippen LogP contribution in [0.15, 0.2) is 42.5 Å². The number of fused-ring (bicyclic) bond motifs is 1. The van der Waals surface area contributed by atoms with Gasteiger partial charge in [-0.15, -0.1) is 0 Å². The summed E-state index contributed by atoms with van der Waals surface area (Å²) in [7, 11) is 3.00. The van der Waals surface area contributed by atoms with Crippen LogP contribution in [0.2, 0.25) is 0 Å². The Morgan fingerprint density at radius 2 is 1.89 bits per heavy atom. The van der Waals surface area contributed by atoms with Crippen LogP contribution in [0.3, 0.4) is 0 Å². The second-order valence-corrected chi connectivity index (χ2v) is 6.51. The van der Waals surface area contributed by atoms with Crippen molar-refractivity contribution in [1.82, 2.24) is 4.90 Å². The van der Waals surface area contributed by atoms with Crippen molar-refractivity contribution in [3.05, 3.63) is 59.2 Å². The van der Waals surface area contributed by atoms with Crippen LogP contribution >= 0.6 is 0 Å². The van der Waals surface area contributed by atoms with Crippen LogP contribution in [-0.4, -0.2) is 50.5 Å². The van der Waals surface area contributed by atoms with Crippen molar-refractivity contribution in [1.29, 1.82) is 0 Å². The van der Waals surface area contributed by atoms with E-state index in [1.807, 2.05) is 24.3 Å². The molecule has 3 rings (SSSR count). The van der Waals surface area contributed by atoms with Gasteiger partial charge in [-0.25, -0.2) is 4.79 Å². The van der Waals surface area contributed by atoms with Gasteiger partial charge in [0.05, 0.1) is 26.3 Å². The van der Waals surface area contributed by atoms with Crippen LogP contribution in [0.25, 0.3) is 0 Å². The normalized spacial score (nSPS) is 13.8. The smallest absolute Gasteiger partial charge is 0.337 e. The second-order valence-electron chi connectivity index (χ2n) is 6.51. The van der Waals surface area contributed by atoms with Gasteiger partial charge in [0, 0.05) is 30.9 Å². The molecule has 0 unspecified atom stereocenters. The van der Waals surface area contributed by atoms with Crippen LogP contribution in [0.1, 0.15) is 32.7 Å². The summed E-state index contributed by atoms with van der Waals surface area (Å²) >= 11 is 0. The first-order chi connectivity index (χ1) is 13.1. The lowest BCUT2D eigenvalue weighted by atomic mass is 9.96. The molecule has 6 heteroatoms. The molecule has 1 N–H and O–H groups in total.